The Morgan fingerprint density at radius 1 is 1.39 bits per heavy atom. The number of aliphatic carboxylic acids is 1. The molecule has 2 unspecified atom stereocenters. The number of ether oxygens (including phenoxy) is 1. The lowest BCUT2D eigenvalue weighted by Crippen LogP contribution is -2.40. The van der Waals surface area contributed by atoms with Crippen molar-refractivity contribution in [2.75, 3.05) is 13.6 Å². The minimum Gasteiger partial charge on any atom is -0.480 e. The molecule has 4 N–H and O–H groups in total. The summed E-state index contributed by atoms with van der Waals surface area (Å²) in [5.41, 5.74) is -0.541. The van der Waals surface area contributed by atoms with E-state index < -0.39 is 23.7 Å². The molecule has 1 amide bonds. The van der Waals surface area contributed by atoms with Gasteiger partial charge in [0.25, 0.3) is 0 Å². The Labute approximate surface area is 106 Å². The van der Waals surface area contributed by atoms with E-state index in [0.717, 1.165) is 0 Å². The van der Waals surface area contributed by atoms with E-state index >= 15 is 0 Å². The molecule has 0 aromatic heterocycles. The molecule has 1 heterocycles. The third-order valence-corrected chi connectivity index (χ3v) is 2.55. The number of likely N-dealkylation sites (tertiary alicyclic amines) is 1. The third kappa shape index (κ3) is 4.89. The molecular weight excluding hydrogens is 240 g/mol. The summed E-state index contributed by atoms with van der Waals surface area (Å²) in [5, 5.41) is 11.6. The molecule has 0 bridgehead atoms. The fourth-order valence-electron chi connectivity index (χ4n) is 1.87. The highest BCUT2D eigenvalue weighted by Crippen LogP contribution is 2.16. The van der Waals surface area contributed by atoms with Crippen LogP contribution in [0.1, 0.15) is 27.2 Å². The van der Waals surface area contributed by atoms with Crippen molar-refractivity contribution in [2.24, 2.45) is 0 Å². The lowest BCUT2D eigenvalue weighted by atomic mass is 10.2. The molecule has 7 nitrogen and oxygen atoms in total. The summed E-state index contributed by atoms with van der Waals surface area (Å²) >= 11 is 0. The highest BCUT2D eigenvalue weighted by Gasteiger charge is 2.35. The first-order valence-corrected chi connectivity index (χ1v) is 5.61. The van der Waals surface area contributed by atoms with E-state index in [2.05, 4.69) is 5.32 Å². The number of hydrogen-bond acceptors (Lipinski definition) is 4. The molecule has 7 heteroatoms. The zero-order valence-electron chi connectivity index (χ0n) is 11.2. The number of carboxylic acid groups (broad SMARTS) is 1. The molecule has 1 saturated heterocycles. The number of alkyl carbamates (subject to hydrolysis) is 1. The molecule has 0 radical (unpaired) electrons. The normalized spacial score (nSPS) is 24.2. The maximum absolute atomic E-state index is 11.5. The molecule has 1 fully saturated rings. The van der Waals surface area contributed by atoms with Crippen molar-refractivity contribution in [2.45, 2.75) is 44.9 Å². The number of rotatable bonds is 2. The van der Waals surface area contributed by atoms with E-state index in [-0.39, 0.29) is 11.5 Å². The van der Waals surface area contributed by atoms with Gasteiger partial charge in [-0.25, -0.2) is 4.79 Å². The van der Waals surface area contributed by atoms with Gasteiger partial charge in [0.05, 0.1) is 0 Å². The van der Waals surface area contributed by atoms with Crippen LogP contribution >= 0.6 is 0 Å². The summed E-state index contributed by atoms with van der Waals surface area (Å²) in [6, 6.07) is -0.703. The van der Waals surface area contributed by atoms with Crippen molar-refractivity contribution in [3.05, 3.63) is 0 Å². The Kier molecular flexibility index (Phi) is 5.56. The van der Waals surface area contributed by atoms with Gasteiger partial charge in [0.15, 0.2) is 0 Å². The van der Waals surface area contributed by atoms with Crippen LogP contribution in [0.15, 0.2) is 0 Å². The van der Waals surface area contributed by atoms with Crippen molar-refractivity contribution < 1.29 is 24.9 Å². The van der Waals surface area contributed by atoms with E-state index in [4.69, 9.17) is 9.84 Å². The smallest absolute Gasteiger partial charge is 0.407 e. The number of carbonyl (C=O) groups excluding carboxylic acids is 1. The van der Waals surface area contributed by atoms with Crippen molar-refractivity contribution in [3.8, 4) is 0 Å². The van der Waals surface area contributed by atoms with Crippen LogP contribution in [0.3, 0.4) is 0 Å². The number of nitrogens with one attached hydrogen (secondary N) is 1. The third-order valence-electron chi connectivity index (χ3n) is 2.55. The number of hydrogen-bond donors (Lipinski definition) is 2. The number of nitrogens with zero attached hydrogens (tertiary/aromatic N) is 1. The topological polar surface area (TPSA) is 110 Å². The fraction of sp³-hybridized carbons (Fsp3) is 0.818. The molecule has 106 valence electrons. The zero-order chi connectivity index (χ0) is 13.2. The molecule has 0 saturated carbocycles. The van der Waals surface area contributed by atoms with Crippen molar-refractivity contribution in [1.82, 2.24) is 10.2 Å². The van der Waals surface area contributed by atoms with Gasteiger partial charge in [-0.1, -0.05) is 0 Å². The Morgan fingerprint density at radius 3 is 2.33 bits per heavy atom. The van der Waals surface area contributed by atoms with Crippen LogP contribution in [0, 0.1) is 0 Å². The number of carboxylic acids is 1. The van der Waals surface area contributed by atoms with Crippen LogP contribution in [0.25, 0.3) is 0 Å². The van der Waals surface area contributed by atoms with Gasteiger partial charge in [0.2, 0.25) is 0 Å². The first kappa shape index (κ1) is 16.7. The van der Waals surface area contributed by atoms with E-state index in [1.807, 2.05) is 0 Å². The maximum atomic E-state index is 11.5. The van der Waals surface area contributed by atoms with Gasteiger partial charge in [-0.2, -0.15) is 0 Å². The van der Waals surface area contributed by atoms with Crippen LogP contribution < -0.4 is 5.32 Å². The summed E-state index contributed by atoms with van der Waals surface area (Å²) in [6.07, 6.45) is -0.0904. The Morgan fingerprint density at radius 2 is 1.94 bits per heavy atom. The Hall–Kier alpha value is -1.34. The van der Waals surface area contributed by atoms with Crippen molar-refractivity contribution in [3.63, 3.8) is 0 Å². The largest absolute Gasteiger partial charge is 0.480 e. The molecule has 0 aromatic carbocycles. The van der Waals surface area contributed by atoms with Gasteiger partial charge in [-0.15, -0.1) is 0 Å². The molecule has 18 heavy (non-hydrogen) atoms. The first-order valence-electron chi connectivity index (χ1n) is 5.61. The lowest BCUT2D eigenvalue weighted by molar-refractivity contribution is -0.141. The van der Waals surface area contributed by atoms with Crippen LogP contribution in [-0.4, -0.2) is 58.8 Å². The standard InChI is InChI=1S/C11H20N2O4.H2O/c1-11(2,3)17-10(16)12-7-5-8(9(14)15)13(4)6-7;/h7-8H,5-6H2,1-4H3,(H,12,16)(H,14,15);1H2. The molecule has 0 aliphatic carbocycles. The van der Waals surface area contributed by atoms with Gasteiger partial charge in [-0.3, -0.25) is 9.69 Å². The second kappa shape index (κ2) is 6.01. The zero-order valence-corrected chi connectivity index (χ0v) is 11.2. The van der Waals surface area contributed by atoms with Gasteiger partial charge < -0.3 is 20.6 Å². The van der Waals surface area contributed by atoms with Crippen LogP contribution in [0.4, 0.5) is 4.79 Å². The minimum absolute atomic E-state index is 0. The molecule has 1 aliphatic heterocycles. The molecule has 0 aromatic rings. The summed E-state index contributed by atoms with van der Waals surface area (Å²) in [4.78, 5) is 24.1. The second-order valence-electron chi connectivity index (χ2n) is 5.37. The van der Waals surface area contributed by atoms with Gasteiger partial charge in [-0.05, 0) is 34.2 Å². The summed E-state index contributed by atoms with van der Waals surface area (Å²) in [7, 11) is 1.73. The molecule has 1 rings (SSSR count). The predicted octanol–water partition coefficient (Wildman–Crippen LogP) is -0.156. The average molecular weight is 262 g/mol. The molecular formula is C11H22N2O5. The van der Waals surface area contributed by atoms with E-state index in [1.165, 1.54) is 0 Å². The highest BCUT2D eigenvalue weighted by atomic mass is 16.6. The second-order valence-corrected chi connectivity index (χ2v) is 5.37. The van der Waals surface area contributed by atoms with Crippen LogP contribution in [0.2, 0.25) is 0 Å². The van der Waals surface area contributed by atoms with Crippen molar-refractivity contribution in [1.29, 1.82) is 0 Å². The lowest BCUT2D eigenvalue weighted by Gasteiger charge is -2.21. The summed E-state index contributed by atoms with van der Waals surface area (Å²) in [5.74, 6) is -0.860. The van der Waals surface area contributed by atoms with E-state index in [0.29, 0.717) is 13.0 Å². The number of amides is 1. The summed E-state index contributed by atoms with van der Waals surface area (Å²) in [6.45, 7) is 5.88. The Bertz CT molecular complexity index is 313. The highest BCUT2D eigenvalue weighted by molar-refractivity contribution is 5.74. The minimum atomic E-state index is -0.860. The average Bonchev–Trinajstić information content (AvgIpc) is 2.42. The molecule has 1 aliphatic rings. The number of carbonyl (C=O) groups is 2. The van der Waals surface area contributed by atoms with E-state index in [1.54, 1.807) is 32.7 Å². The summed E-state index contributed by atoms with van der Waals surface area (Å²) < 4.78 is 5.11. The maximum Gasteiger partial charge on any atom is 0.407 e. The molecule has 0 spiro atoms. The molecule has 2 atom stereocenters. The SMILES string of the molecule is CN1CC(NC(=O)OC(C)(C)C)CC1C(=O)O.O. The Balaban J connectivity index is 0.00000289. The monoisotopic (exact) mass is 262 g/mol. The van der Waals surface area contributed by atoms with Gasteiger partial charge in [0.1, 0.15) is 11.6 Å². The first-order chi connectivity index (χ1) is 7.69. The fourth-order valence-corrected chi connectivity index (χ4v) is 1.87. The van der Waals surface area contributed by atoms with Gasteiger partial charge >= 0.3 is 12.1 Å². The van der Waals surface area contributed by atoms with E-state index in [9.17, 15) is 9.59 Å². The number of likely N-dealkylation sites (N-methyl/N-ethyl adjacent to an activating group) is 1. The quantitative estimate of drug-likeness (QED) is 0.718. The van der Waals surface area contributed by atoms with Gasteiger partial charge in [0, 0.05) is 12.6 Å². The predicted molar refractivity (Wildman–Crippen MR) is 65.4 cm³/mol. The van der Waals surface area contributed by atoms with Crippen LogP contribution in [-0.2, 0) is 9.53 Å². The van der Waals surface area contributed by atoms with Crippen molar-refractivity contribution >= 4 is 12.1 Å². The van der Waals surface area contributed by atoms with Crippen LogP contribution in [0.5, 0.6) is 0 Å².